The number of nitrogens with zero attached hydrogens (tertiary/aromatic N) is 1. The molecule has 0 aliphatic heterocycles. The Morgan fingerprint density at radius 2 is 1.81 bits per heavy atom. The molecule has 0 radical (unpaired) electrons. The van der Waals surface area contributed by atoms with Crippen LogP contribution in [-0.2, 0) is 19.1 Å². The zero-order valence-electron chi connectivity index (χ0n) is 17.4. The van der Waals surface area contributed by atoms with Crippen molar-refractivity contribution in [1.29, 1.82) is 5.26 Å². The maximum Gasteiger partial charge on any atom is 0.329 e. The van der Waals surface area contributed by atoms with Crippen LogP contribution in [0.5, 0.6) is 5.75 Å². The smallest absolute Gasteiger partial charge is 0.329 e. The Bertz CT molecular complexity index is 1010. The van der Waals surface area contributed by atoms with Crippen molar-refractivity contribution in [2.75, 3.05) is 12.4 Å². The monoisotopic (exact) mass is 421 g/mol. The number of nitrogens with one attached hydrogen (secondary N) is 2. The molecule has 0 spiro atoms. The first kappa shape index (κ1) is 23.2. The number of hydrogen-bond acceptors (Lipinski definition) is 6. The van der Waals surface area contributed by atoms with Crippen LogP contribution in [0.3, 0.4) is 0 Å². The SMILES string of the molecule is COc1ccc(C=CC(=O)NC(C)C(=O)OC(C)C(=O)Nc2cccc(C#N)c2)cc1. The summed E-state index contributed by atoms with van der Waals surface area (Å²) in [5, 5.41) is 14.0. The normalized spacial score (nSPS) is 12.3. The number of anilines is 1. The van der Waals surface area contributed by atoms with Crippen LogP contribution < -0.4 is 15.4 Å². The number of hydrogen-bond donors (Lipinski definition) is 2. The van der Waals surface area contributed by atoms with Gasteiger partial charge in [-0.1, -0.05) is 18.2 Å². The molecule has 2 aromatic rings. The van der Waals surface area contributed by atoms with E-state index in [0.717, 1.165) is 5.56 Å². The van der Waals surface area contributed by atoms with Crippen molar-refractivity contribution in [2.24, 2.45) is 0 Å². The van der Waals surface area contributed by atoms with Gasteiger partial charge in [0.25, 0.3) is 5.91 Å². The largest absolute Gasteiger partial charge is 0.497 e. The van der Waals surface area contributed by atoms with Crippen molar-refractivity contribution in [1.82, 2.24) is 5.32 Å². The van der Waals surface area contributed by atoms with Crippen LogP contribution in [-0.4, -0.2) is 37.0 Å². The zero-order chi connectivity index (χ0) is 22.8. The molecule has 31 heavy (non-hydrogen) atoms. The molecule has 2 atom stereocenters. The summed E-state index contributed by atoms with van der Waals surface area (Å²) in [4.78, 5) is 36.5. The average molecular weight is 421 g/mol. The summed E-state index contributed by atoms with van der Waals surface area (Å²) in [5.41, 5.74) is 1.59. The lowest BCUT2D eigenvalue weighted by Crippen LogP contribution is -2.41. The van der Waals surface area contributed by atoms with Crippen molar-refractivity contribution >= 4 is 29.5 Å². The van der Waals surface area contributed by atoms with Crippen LogP contribution in [0.1, 0.15) is 25.0 Å². The summed E-state index contributed by atoms with van der Waals surface area (Å²) in [6, 6.07) is 14.5. The maximum absolute atomic E-state index is 12.2. The van der Waals surface area contributed by atoms with E-state index in [1.807, 2.05) is 6.07 Å². The predicted molar refractivity (Wildman–Crippen MR) is 115 cm³/mol. The molecule has 8 nitrogen and oxygen atoms in total. The third-order valence-corrected chi connectivity index (χ3v) is 4.18. The van der Waals surface area contributed by atoms with Gasteiger partial charge in [-0.2, -0.15) is 5.26 Å². The van der Waals surface area contributed by atoms with Gasteiger partial charge >= 0.3 is 5.97 Å². The molecule has 0 saturated carbocycles. The van der Waals surface area contributed by atoms with Crippen LogP contribution in [0.25, 0.3) is 6.08 Å². The molecule has 2 rings (SSSR count). The van der Waals surface area contributed by atoms with E-state index in [0.29, 0.717) is 17.0 Å². The van der Waals surface area contributed by atoms with Crippen LogP contribution in [0.4, 0.5) is 5.69 Å². The third kappa shape index (κ3) is 7.33. The molecule has 2 unspecified atom stereocenters. The molecular formula is C23H23N3O5. The lowest BCUT2D eigenvalue weighted by Gasteiger charge is -2.17. The first-order valence-corrected chi connectivity index (χ1v) is 9.46. The Kier molecular flexibility index (Phi) is 8.34. The molecule has 0 fully saturated rings. The Balaban J connectivity index is 1.84. The van der Waals surface area contributed by atoms with E-state index in [9.17, 15) is 14.4 Å². The van der Waals surface area contributed by atoms with Crippen LogP contribution in [0, 0.1) is 11.3 Å². The second-order valence-corrected chi connectivity index (χ2v) is 6.60. The van der Waals surface area contributed by atoms with E-state index in [2.05, 4.69) is 10.6 Å². The molecule has 0 aromatic heterocycles. The van der Waals surface area contributed by atoms with E-state index < -0.39 is 29.9 Å². The molecule has 0 bridgehead atoms. The third-order valence-electron chi connectivity index (χ3n) is 4.18. The minimum atomic E-state index is -1.09. The first-order valence-electron chi connectivity index (χ1n) is 9.46. The minimum absolute atomic E-state index is 0.390. The number of nitriles is 1. The Morgan fingerprint density at radius 1 is 1.10 bits per heavy atom. The standard InChI is InChI=1S/C23H23N3O5/c1-15(25-21(27)12-9-17-7-10-20(30-3)11-8-17)23(29)31-16(2)22(28)26-19-6-4-5-18(13-19)14-24/h4-13,15-16H,1-3H3,(H,25,27)(H,26,28). The van der Waals surface area contributed by atoms with Gasteiger partial charge in [0.15, 0.2) is 6.10 Å². The number of benzene rings is 2. The molecule has 2 N–H and O–H groups in total. The van der Waals surface area contributed by atoms with Gasteiger partial charge in [0.2, 0.25) is 5.91 Å². The second kappa shape index (κ2) is 11.2. The first-order chi connectivity index (χ1) is 14.8. The molecule has 0 heterocycles. The fourth-order valence-electron chi connectivity index (χ4n) is 2.45. The fraction of sp³-hybridized carbons (Fsp3) is 0.217. The van der Waals surface area contributed by atoms with Crippen molar-refractivity contribution in [3.8, 4) is 11.8 Å². The minimum Gasteiger partial charge on any atom is -0.497 e. The topological polar surface area (TPSA) is 118 Å². The quantitative estimate of drug-likeness (QED) is 0.500. The number of carbonyl (C=O) groups is 3. The van der Waals surface area contributed by atoms with Crippen molar-refractivity contribution in [2.45, 2.75) is 26.0 Å². The van der Waals surface area contributed by atoms with Gasteiger partial charge < -0.3 is 20.1 Å². The molecule has 0 aliphatic carbocycles. The van der Waals surface area contributed by atoms with Gasteiger partial charge in [-0.25, -0.2) is 4.79 Å². The highest BCUT2D eigenvalue weighted by Crippen LogP contribution is 2.12. The van der Waals surface area contributed by atoms with Gasteiger partial charge in [0.05, 0.1) is 18.7 Å². The van der Waals surface area contributed by atoms with E-state index in [-0.39, 0.29) is 0 Å². The molecule has 160 valence electrons. The number of amides is 2. The Morgan fingerprint density at radius 3 is 2.45 bits per heavy atom. The van der Waals surface area contributed by atoms with Crippen LogP contribution in [0.2, 0.25) is 0 Å². The number of ether oxygens (including phenoxy) is 2. The molecule has 2 aromatic carbocycles. The van der Waals surface area contributed by atoms with E-state index in [4.69, 9.17) is 14.7 Å². The Labute approximate surface area is 180 Å². The number of esters is 1. The van der Waals surface area contributed by atoms with Gasteiger partial charge in [-0.15, -0.1) is 0 Å². The summed E-state index contributed by atoms with van der Waals surface area (Å²) in [5.74, 6) is -1.08. The van der Waals surface area contributed by atoms with E-state index in [1.54, 1.807) is 55.7 Å². The highest BCUT2D eigenvalue weighted by atomic mass is 16.5. The molecule has 0 aliphatic rings. The zero-order valence-corrected chi connectivity index (χ0v) is 17.4. The number of methoxy groups -OCH3 is 1. The molecular weight excluding hydrogens is 398 g/mol. The summed E-state index contributed by atoms with van der Waals surface area (Å²) in [6.07, 6.45) is 1.80. The molecule has 2 amide bonds. The van der Waals surface area contributed by atoms with Crippen molar-refractivity contribution < 1.29 is 23.9 Å². The van der Waals surface area contributed by atoms with Crippen molar-refractivity contribution in [3.05, 3.63) is 65.7 Å². The summed E-state index contributed by atoms with van der Waals surface area (Å²) in [6.45, 7) is 2.88. The lowest BCUT2D eigenvalue weighted by atomic mass is 10.2. The van der Waals surface area contributed by atoms with Gasteiger partial charge in [-0.3, -0.25) is 9.59 Å². The average Bonchev–Trinajstić information content (AvgIpc) is 2.77. The molecule has 0 saturated heterocycles. The van der Waals surface area contributed by atoms with Crippen molar-refractivity contribution in [3.63, 3.8) is 0 Å². The van der Waals surface area contributed by atoms with Crippen LogP contribution in [0.15, 0.2) is 54.6 Å². The fourth-order valence-corrected chi connectivity index (χ4v) is 2.45. The highest BCUT2D eigenvalue weighted by molar-refractivity contribution is 5.97. The second-order valence-electron chi connectivity index (χ2n) is 6.60. The number of rotatable bonds is 8. The van der Waals surface area contributed by atoms with Crippen LogP contribution >= 0.6 is 0 Å². The van der Waals surface area contributed by atoms with Gasteiger partial charge in [0, 0.05) is 11.8 Å². The Hall–Kier alpha value is -4.12. The number of carbonyl (C=O) groups excluding carboxylic acids is 3. The van der Waals surface area contributed by atoms with E-state index in [1.165, 1.54) is 26.0 Å². The van der Waals surface area contributed by atoms with Gasteiger partial charge in [-0.05, 0) is 55.8 Å². The van der Waals surface area contributed by atoms with E-state index >= 15 is 0 Å². The highest BCUT2D eigenvalue weighted by Gasteiger charge is 2.22. The maximum atomic E-state index is 12.2. The predicted octanol–water partition coefficient (Wildman–Crippen LogP) is 2.66. The summed E-state index contributed by atoms with van der Waals surface area (Å²) < 4.78 is 10.2. The van der Waals surface area contributed by atoms with Gasteiger partial charge in [0.1, 0.15) is 11.8 Å². The summed E-state index contributed by atoms with van der Waals surface area (Å²) in [7, 11) is 1.56. The summed E-state index contributed by atoms with van der Waals surface area (Å²) >= 11 is 0. The lowest BCUT2D eigenvalue weighted by molar-refractivity contribution is -0.155. The molecule has 8 heteroatoms.